The van der Waals surface area contributed by atoms with E-state index in [1.807, 2.05) is 6.92 Å². The number of nitrogens with zero attached hydrogens (tertiary/aromatic N) is 3. The highest BCUT2D eigenvalue weighted by molar-refractivity contribution is 4.96. The molecule has 1 fully saturated rings. The Kier molecular flexibility index (Phi) is 4.68. The number of hydrogen-bond acceptors (Lipinski definition) is 6. The van der Waals surface area contributed by atoms with Crippen molar-refractivity contribution in [1.29, 1.82) is 0 Å². The van der Waals surface area contributed by atoms with E-state index in [0.29, 0.717) is 11.7 Å². The zero-order valence-corrected chi connectivity index (χ0v) is 11.3. The van der Waals surface area contributed by atoms with Gasteiger partial charge in [-0.3, -0.25) is 4.90 Å². The van der Waals surface area contributed by atoms with E-state index in [1.165, 1.54) is 0 Å². The van der Waals surface area contributed by atoms with Gasteiger partial charge >= 0.3 is 0 Å². The van der Waals surface area contributed by atoms with Crippen LogP contribution in [0.5, 0.6) is 0 Å². The third-order valence-electron chi connectivity index (χ3n) is 3.22. The standard InChI is InChI=1S/C12H22N4O2/c1-4-13-9(3)12-14-11(15-18-12)10-8-16(5-2)6-7-17-10/h9-10,13H,4-8H2,1-3H3. The molecular formula is C12H22N4O2. The first-order valence-electron chi connectivity index (χ1n) is 6.65. The van der Waals surface area contributed by atoms with Gasteiger partial charge in [0.15, 0.2) is 0 Å². The van der Waals surface area contributed by atoms with Crippen molar-refractivity contribution in [2.24, 2.45) is 0 Å². The molecule has 1 aromatic rings. The molecule has 0 radical (unpaired) electrons. The normalized spacial score (nSPS) is 23.2. The molecule has 1 aliphatic heterocycles. The van der Waals surface area contributed by atoms with Gasteiger partial charge in [-0.25, -0.2) is 0 Å². The number of ether oxygens (including phenoxy) is 1. The van der Waals surface area contributed by atoms with Crippen LogP contribution >= 0.6 is 0 Å². The lowest BCUT2D eigenvalue weighted by Crippen LogP contribution is -2.38. The maximum absolute atomic E-state index is 5.70. The molecule has 18 heavy (non-hydrogen) atoms. The molecule has 1 saturated heterocycles. The minimum atomic E-state index is -0.0648. The Balaban J connectivity index is 2.00. The van der Waals surface area contributed by atoms with Crippen molar-refractivity contribution in [3.05, 3.63) is 11.7 Å². The molecule has 102 valence electrons. The Morgan fingerprint density at radius 3 is 3.06 bits per heavy atom. The molecule has 0 bridgehead atoms. The number of morpholine rings is 1. The van der Waals surface area contributed by atoms with Gasteiger partial charge in [0.05, 0.1) is 12.6 Å². The molecule has 0 aliphatic carbocycles. The van der Waals surface area contributed by atoms with Crippen molar-refractivity contribution in [3.63, 3.8) is 0 Å². The fraction of sp³-hybridized carbons (Fsp3) is 0.833. The zero-order chi connectivity index (χ0) is 13.0. The smallest absolute Gasteiger partial charge is 0.243 e. The second-order valence-electron chi connectivity index (χ2n) is 4.52. The molecule has 1 aliphatic rings. The van der Waals surface area contributed by atoms with E-state index < -0.39 is 0 Å². The van der Waals surface area contributed by atoms with Crippen LogP contribution in [0.15, 0.2) is 4.52 Å². The molecule has 1 aromatic heterocycles. The quantitative estimate of drug-likeness (QED) is 0.850. The highest BCUT2D eigenvalue weighted by Crippen LogP contribution is 2.21. The van der Waals surface area contributed by atoms with Gasteiger partial charge in [0.1, 0.15) is 6.10 Å². The van der Waals surface area contributed by atoms with Crippen molar-refractivity contribution in [3.8, 4) is 0 Å². The molecule has 2 heterocycles. The first kappa shape index (κ1) is 13.5. The first-order valence-corrected chi connectivity index (χ1v) is 6.65. The van der Waals surface area contributed by atoms with E-state index in [4.69, 9.17) is 9.26 Å². The molecule has 0 amide bonds. The van der Waals surface area contributed by atoms with Gasteiger partial charge in [0, 0.05) is 13.1 Å². The average Bonchev–Trinajstić information content (AvgIpc) is 2.89. The Bertz CT molecular complexity index is 369. The van der Waals surface area contributed by atoms with Crippen molar-refractivity contribution in [2.75, 3.05) is 32.8 Å². The molecular weight excluding hydrogens is 232 g/mol. The Hall–Kier alpha value is -0.980. The van der Waals surface area contributed by atoms with Gasteiger partial charge in [0.2, 0.25) is 11.7 Å². The highest BCUT2D eigenvalue weighted by atomic mass is 16.5. The summed E-state index contributed by atoms with van der Waals surface area (Å²) in [4.78, 5) is 6.76. The predicted molar refractivity (Wildman–Crippen MR) is 67.2 cm³/mol. The second-order valence-corrected chi connectivity index (χ2v) is 4.52. The van der Waals surface area contributed by atoms with Crippen LogP contribution in [0.3, 0.4) is 0 Å². The maximum atomic E-state index is 5.70. The summed E-state index contributed by atoms with van der Waals surface area (Å²) in [6, 6.07) is 0.0853. The molecule has 1 N–H and O–H groups in total. The fourth-order valence-electron chi connectivity index (χ4n) is 2.09. The summed E-state index contributed by atoms with van der Waals surface area (Å²) in [6.45, 7) is 10.7. The van der Waals surface area contributed by atoms with E-state index in [2.05, 4.69) is 34.2 Å². The van der Waals surface area contributed by atoms with Crippen LogP contribution in [-0.2, 0) is 4.74 Å². The number of nitrogens with one attached hydrogen (secondary N) is 1. The van der Waals surface area contributed by atoms with Crippen molar-refractivity contribution in [1.82, 2.24) is 20.4 Å². The van der Waals surface area contributed by atoms with E-state index in [9.17, 15) is 0 Å². The molecule has 0 spiro atoms. The summed E-state index contributed by atoms with van der Waals surface area (Å²) >= 11 is 0. The monoisotopic (exact) mass is 254 g/mol. The van der Waals surface area contributed by atoms with E-state index >= 15 is 0 Å². The van der Waals surface area contributed by atoms with Crippen LogP contribution in [0.1, 0.15) is 44.6 Å². The predicted octanol–water partition coefficient (Wildman–Crippen LogP) is 1.13. The Morgan fingerprint density at radius 2 is 2.33 bits per heavy atom. The van der Waals surface area contributed by atoms with Crippen molar-refractivity contribution in [2.45, 2.75) is 32.9 Å². The number of aromatic nitrogens is 2. The number of likely N-dealkylation sites (N-methyl/N-ethyl adjacent to an activating group) is 1. The van der Waals surface area contributed by atoms with Gasteiger partial charge < -0.3 is 14.6 Å². The van der Waals surface area contributed by atoms with Crippen LogP contribution in [0.25, 0.3) is 0 Å². The number of rotatable bonds is 5. The van der Waals surface area contributed by atoms with E-state index in [1.54, 1.807) is 0 Å². The lowest BCUT2D eigenvalue weighted by Gasteiger charge is -2.30. The van der Waals surface area contributed by atoms with E-state index in [0.717, 1.165) is 32.8 Å². The van der Waals surface area contributed by atoms with Gasteiger partial charge in [-0.05, 0) is 20.0 Å². The molecule has 2 rings (SSSR count). The molecule has 0 aromatic carbocycles. The molecule has 6 nitrogen and oxygen atoms in total. The third-order valence-corrected chi connectivity index (χ3v) is 3.22. The highest BCUT2D eigenvalue weighted by Gasteiger charge is 2.26. The minimum absolute atomic E-state index is 0.0648. The van der Waals surface area contributed by atoms with Gasteiger partial charge in [0.25, 0.3) is 0 Å². The Labute approximate surface area is 108 Å². The SMILES string of the molecule is CCNC(C)c1nc(C2CN(CC)CCO2)no1. The van der Waals surface area contributed by atoms with Crippen LogP contribution in [0.4, 0.5) is 0 Å². The topological polar surface area (TPSA) is 63.4 Å². The molecule has 6 heteroatoms. The molecule has 0 saturated carbocycles. The summed E-state index contributed by atoms with van der Waals surface area (Å²) in [6.07, 6.45) is -0.0648. The van der Waals surface area contributed by atoms with Crippen LogP contribution in [0, 0.1) is 0 Å². The minimum Gasteiger partial charge on any atom is -0.367 e. The van der Waals surface area contributed by atoms with Gasteiger partial charge in [-0.2, -0.15) is 4.98 Å². The third kappa shape index (κ3) is 3.07. The van der Waals surface area contributed by atoms with Crippen LogP contribution < -0.4 is 5.32 Å². The molecule has 2 atom stereocenters. The van der Waals surface area contributed by atoms with Crippen molar-refractivity contribution >= 4 is 0 Å². The van der Waals surface area contributed by atoms with Crippen LogP contribution in [0.2, 0.25) is 0 Å². The summed E-state index contributed by atoms with van der Waals surface area (Å²) in [5.41, 5.74) is 0. The van der Waals surface area contributed by atoms with Gasteiger partial charge in [-0.15, -0.1) is 0 Å². The van der Waals surface area contributed by atoms with E-state index in [-0.39, 0.29) is 12.1 Å². The second kappa shape index (κ2) is 6.26. The number of hydrogen-bond donors (Lipinski definition) is 1. The fourth-order valence-corrected chi connectivity index (χ4v) is 2.09. The van der Waals surface area contributed by atoms with Crippen LogP contribution in [-0.4, -0.2) is 47.8 Å². The summed E-state index contributed by atoms with van der Waals surface area (Å²) in [5, 5.41) is 7.28. The average molecular weight is 254 g/mol. The molecule has 2 unspecified atom stereocenters. The maximum Gasteiger partial charge on any atom is 0.243 e. The largest absolute Gasteiger partial charge is 0.367 e. The first-order chi connectivity index (χ1) is 8.74. The summed E-state index contributed by atoms with van der Waals surface area (Å²) < 4.78 is 11.0. The lowest BCUT2D eigenvalue weighted by atomic mass is 10.2. The zero-order valence-electron chi connectivity index (χ0n) is 11.3. The lowest BCUT2D eigenvalue weighted by molar-refractivity contribution is -0.0334. The Morgan fingerprint density at radius 1 is 1.50 bits per heavy atom. The summed E-state index contributed by atoms with van der Waals surface area (Å²) in [7, 11) is 0. The van der Waals surface area contributed by atoms with Gasteiger partial charge in [-0.1, -0.05) is 19.0 Å². The van der Waals surface area contributed by atoms with Crippen molar-refractivity contribution < 1.29 is 9.26 Å². The summed E-state index contributed by atoms with van der Waals surface area (Å²) in [5.74, 6) is 1.29.